The van der Waals surface area contributed by atoms with Gasteiger partial charge in [0, 0.05) is 11.9 Å². The van der Waals surface area contributed by atoms with Crippen LogP contribution in [0.2, 0.25) is 0 Å². The zero-order valence-corrected chi connectivity index (χ0v) is 15.6. The van der Waals surface area contributed by atoms with Gasteiger partial charge in [-0.05, 0) is 55.9 Å². The van der Waals surface area contributed by atoms with E-state index < -0.39 is 0 Å². The number of benzene rings is 1. The Morgan fingerprint density at radius 2 is 1.85 bits per heavy atom. The topological polar surface area (TPSA) is 25.4 Å². The molecule has 0 fully saturated rings. The number of aromatic nitrogens is 1. The Bertz CT molecular complexity index is 877. The molecule has 0 saturated carbocycles. The molecule has 0 radical (unpaired) electrons. The van der Waals surface area contributed by atoms with Crippen molar-refractivity contribution in [3.8, 4) is 5.75 Å². The van der Waals surface area contributed by atoms with Gasteiger partial charge in [-0.1, -0.05) is 47.9 Å². The summed E-state index contributed by atoms with van der Waals surface area (Å²) in [7, 11) is 1.70. The van der Waals surface area contributed by atoms with Crippen LogP contribution in [0.25, 0.3) is 0 Å². The smallest absolute Gasteiger partial charge is 0.238 e. The van der Waals surface area contributed by atoms with E-state index in [2.05, 4.69) is 61.2 Å². The van der Waals surface area contributed by atoms with Crippen molar-refractivity contribution in [1.29, 1.82) is 0 Å². The molecule has 4 heteroatoms. The molecule has 0 saturated heterocycles. The van der Waals surface area contributed by atoms with E-state index in [4.69, 9.17) is 4.74 Å². The summed E-state index contributed by atoms with van der Waals surface area (Å²) in [5.41, 5.74) is 5.79. The van der Waals surface area contributed by atoms with Gasteiger partial charge in [-0.3, -0.25) is 0 Å². The van der Waals surface area contributed by atoms with E-state index >= 15 is 0 Å². The van der Waals surface area contributed by atoms with Crippen LogP contribution < -0.4 is 15.1 Å². The third kappa shape index (κ3) is 3.10. The van der Waals surface area contributed by atoms with E-state index in [0.717, 1.165) is 22.7 Å². The Kier molecular flexibility index (Phi) is 5.12. The molecule has 0 bridgehead atoms. The predicted octanol–water partition coefficient (Wildman–Crippen LogP) is 4.15. The minimum atomic E-state index is 0.117. The molecule has 0 atom stereocenters. The number of methoxy groups -OCH3 is 1. The van der Waals surface area contributed by atoms with Crippen LogP contribution in [0.4, 0.5) is 5.82 Å². The van der Waals surface area contributed by atoms with E-state index in [1.54, 1.807) is 13.3 Å². The first kappa shape index (κ1) is 17.8. The molecule has 1 aliphatic rings. The van der Waals surface area contributed by atoms with Gasteiger partial charge in [-0.15, -0.1) is 0 Å². The second-order valence-electron chi connectivity index (χ2n) is 6.30. The van der Waals surface area contributed by atoms with Crippen LogP contribution in [0, 0.1) is 13.8 Å². The largest absolute Gasteiger partial charge is 0.497 e. The summed E-state index contributed by atoms with van der Waals surface area (Å²) in [6, 6.07) is 10.0. The highest BCUT2D eigenvalue weighted by Gasteiger charge is 2.28. The van der Waals surface area contributed by atoms with Crippen molar-refractivity contribution < 1.29 is 4.74 Å². The molecule has 3 nitrogen and oxygen atoms in total. The third-order valence-corrected chi connectivity index (χ3v) is 4.74. The molecule has 0 aliphatic carbocycles. The summed E-state index contributed by atoms with van der Waals surface area (Å²) in [5, 5.41) is 0. The molecule has 1 aromatic heterocycles. The lowest BCUT2D eigenvalue weighted by molar-refractivity contribution is 0.414. The first-order chi connectivity index (χ1) is 12.6. The van der Waals surface area contributed by atoms with Crippen LogP contribution in [0.5, 0.6) is 5.75 Å². The Morgan fingerprint density at radius 1 is 1.12 bits per heavy atom. The fraction of sp³-hybridized carbons (Fsp3) is 0.136. The number of ether oxygens (including phenoxy) is 1. The maximum Gasteiger partial charge on any atom is 0.238 e. The third-order valence-electron chi connectivity index (χ3n) is 4.74. The Balaban J connectivity index is 2.13. The van der Waals surface area contributed by atoms with Gasteiger partial charge in [-0.2, -0.15) is 0 Å². The van der Waals surface area contributed by atoms with E-state index in [9.17, 15) is 0 Å². The normalized spacial score (nSPS) is 13.8. The van der Waals surface area contributed by atoms with Crippen molar-refractivity contribution in [2.75, 3.05) is 12.0 Å². The van der Waals surface area contributed by atoms with Crippen molar-refractivity contribution in [1.82, 2.24) is 4.98 Å². The van der Waals surface area contributed by atoms with E-state index in [-0.39, 0.29) is 6.71 Å². The fourth-order valence-corrected chi connectivity index (χ4v) is 3.59. The van der Waals surface area contributed by atoms with Gasteiger partial charge in [0.05, 0.1) is 7.11 Å². The molecule has 2 heterocycles. The molecule has 0 amide bonds. The standard InChI is InChI=1S/C22H23BN2O/c1-6-19-20(7-2)25(21-10-8-9-12-24-21)13-11-23(19)22-16(3)14-18(26-5)15-17(22)4/h6-15H,1-2H2,3-5H3. The molecular formula is C22H23BN2O. The predicted molar refractivity (Wildman–Crippen MR) is 111 cm³/mol. The molecule has 3 rings (SSSR count). The highest BCUT2D eigenvalue weighted by Crippen LogP contribution is 2.28. The summed E-state index contributed by atoms with van der Waals surface area (Å²) in [6.45, 7) is 12.5. The Labute approximate surface area is 156 Å². The van der Waals surface area contributed by atoms with Gasteiger partial charge in [0.1, 0.15) is 11.6 Å². The van der Waals surface area contributed by atoms with Crippen LogP contribution in [0.3, 0.4) is 0 Å². The average molecular weight is 342 g/mol. The number of nitrogens with zero attached hydrogens (tertiary/aromatic N) is 2. The summed E-state index contributed by atoms with van der Waals surface area (Å²) in [6.07, 6.45) is 7.65. The van der Waals surface area contributed by atoms with Crippen molar-refractivity contribution in [2.24, 2.45) is 0 Å². The molecule has 2 aromatic rings. The zero-order chi connectivity index (χ0) is 18.7. The molecule has 1 aromatic carbocycles. The quantitative estimate of drug-likeness (QED) is 0.764. The van der Waals surface area contributed by atoms with E-state index in [0.29, 0.717) is 0 Å². The number of rotatable bonds is 5. The lowest BCUT2D eigenvalue weighted by Crippen LogP contribution is -2.40. The highest BCUT2D eigenvalue weighted by atomic mass is 16.5. The van der Waals surface area contributed by atoms with E-state index in [1.807, 2.05) is 30.4 Å². The summed E-state index contributed by atoms with van der Waals surface area (Å²) >= 11 is 0. The second-order valence-corrected chi connectivity index (χ2v) is 6.30. The maximum atomic E-state index is 5.41. The van der Waals surface area contributed by atoms with Crippen LogP contribution in [-0.4, -0.2) is 18.8 Å². The zero-order valence-electron chi connectivity index (χ0n) is 15.6. The highest BCUT2D eigenvalue weighted by molar-refractivity contribution is 6.85. The van der Waals surface area contributed by atoms with Gasteiger partial charge in [-0.25, -0.2) is 4.98 Å². The maximum absolute atomic E-state index is 5.41. The number of pyridine rings is 1. The minimum absolute atomic E-state index is 0.117. The SMILES string of the molecule is C=CC1=C(C=C)N(c2ccccn2)C=CB1c1c(C)cc(OC)cc1C. The number of hydrogen-bond acceptors (Lipinski definition) is 3. The van der Waals surface area contributed by atoms with Crippen molar-refractivity contribution in [3.63, 3.8) is 0 Å². The lowest BCUT2D eigenvalue weighted by Gasteiger charge is -2.30. The first-order valence-corrected chi connectivity index (χ1v) is 8.63. The van der Waals surface area contributed by atoms with Gasteiger partial charge in [0.15, 0.2) is 0 Å². The molecule has 0 unspecified atom stereocenters. The molecule has 0 N–H and O–H groups in total. The number of anilines is 1. The van der Waals surface area contributed by atoms with Crippen molar-refractivity contribution in [2.45, 2.75) is 13.8 Å². The van der Waals surface area contributed by atoms with Crippen LogP contribution in [-0.2, 0) is 0 Å². The summed E-state index contributed by atoms with van der Waals surface area (Å²) < 4.78 is 5.41. The number of allylic oxidation sites excluding steroid dienone is 3. The Hall–Kier alpha value is -3.01. The first-order valence-electron chi connectivity index (χ1n) is 8.63. The van der Waals surface area contributed by atoms with Gasteiger partial charge < -0.3 is 9.64 Å². The summed E-state index contributed by atoms with van der Waals surface area (Å²) in [5.74, 6) is 3.94. The summed E-state index contributed by atoms with van der Waals surface area (Å²) in [4.78, 5) is 6.52. The van der Waals surface area contributed by atoms with Crippen LogP contribution in [0.15, 0.2) is 85.2 Å². The average Bonchev–Trinajstić information content (AvgIpc) is 2.67. The monoisotopic (exact) mass is 342 g/mol. The fourth-order valence-electron chi connectivity index (χ4n) is 3.59. The Morgan fingerprint density at radius 3 is 2.38 bits per heavy atom. The van der Waals surface area contributed by atoms with Crippen molar-refractivity contribution >= 4 is 18.0 Å². The van der Waals surface area contributed by atoms with Crippen LogP contribution in [0.1, 0.15) is 11.1 Å². The molecular weight excluding hydrogens is 319 g/mol. The van der Waals surface area contributed by atoms with Crippen molar-refractivity contribution in [3.05, 3.63) is 96.3 Å². The van der Waals surface area contributed by atoms with Gasteiger partial charge in [0.25, 0.3) is 0 Å². The number of hydrogen-bond donors (Lipinski definition) is 0. The lowest BCUT2D eigenvalue weighted by atomic mass is 9.37. The van der Waals surface area contributed by atoms with Gasteiger partial charge >= 0.3 is 0 Å². The second kappa shape index (κ2) is 7.48. The molecule has 26 heavy (non-hydrogen) atoms. The molecule has 0 spiro atoms. The minimum Gasteiger partial charge on any atom is -0.497 e. The number of aryl methyl sites for hydroxylation is 2. The van der Waals surface area contributed by atoms with Crippen LogP contribution >= 0.6 is 0 Å². The van der Waals surface area contributed by atoms with E-state index in [1.165, 1.54) is 16.6 Å². The molecule has 130 valence electrons. The van der Waals surface area contributed by atoms with Gasteiger partial charge in [0.2, 0.25) is 6.71 Å². The molecule has 1 aliphatic heterocycles.